The van der Waals surface area contributed by atoms with Gasteiger partial charge in [-0.05, 0) is 60.7 Å². The lowest BCUT2D eigenvalue weighted by molar-refractivity contribution is 0.563. The Balaban J connectivity index is 1.49. The summed E-state index contributed by atoms with van der Waals surface area (Å²) in [6.45, 7) is 0. The summed E-state index contributed by atoms with van der Waals surface area (Å²) in [5.74, 6) is 0.635. The summed E-state index contributed by atoms with van der Waals surface area (Å²) in [7, 11) is 0. The van der Waals surface area contributed by atoms with E-state index in [0.717, 1.165) is 48.2 Å². The van der Waals surface area contributed by atoms with Crippen molar-refractivity contribution in [3.05, 3.63) is 165 Å². The van der Waals surface area contributed by atoms with Crippen molar-refractivity contribution in [2.45, 2.75) is 0 Å². The zero-order chi connectivity index (χ0) is 31.9. The number of nitrogens with zero attached hydrogens (tertiary/aromatic N) is 4. The molecule has 0 aliphatic rings. The topological polar surface area (TPSA) is 65.8 Å². The van der Waals surface area contributed by atoms with Crippen LogP contribution in [0.25, 0.3) is 67.5 Å². The summed E-state index contributed by atoms with van der Waals surface area (Å²) in [6, 6.07) is 45.8. The van der Waals surface area contributed by atoms with Gasteiger partial charge in [-0.15, -0.1) is 0 Å². The molecule has 0 amide bonds. The first-order valence-electron chi connectivity index (χ1n) is 14.9. The number of hydrogen-bond acceptors (Lipinski definition) is 4. The summed E-state index contributed by atoms with van der Waals surface area (Å²) in [5, 5.41) is 5.81. The van der Waals surface area contributed by atoms with Crippen LogP contribution in [0.4, 0.5) is 0 Å². The molecule has 0 bridgehead atoms. The lowest BCUT2D eigenvalue weighted by Gasteiger charge is -2.14. The lowest BCUT2D eigenvalue weighted by atomic mass is 10.0. The quantitative estimate of drug-likeness (QED) is 0.159. The van der Waals surface area contributed by atoms with Gasteiger partial charge in [0.05, 0.1) is 28.2 Å². The Hall–Kier alpha value is -5.31. The monoisotopic (exact) mass is 738 g/mol. The second-order valence-corrected chi connectivity index (χ2v) is 12.8. The molecule has 0 N–H and O–H groups in total. The Morgan fingerprint density at radius 1 is 0.596 bits per heavy atom. The van der Waals surface area contributed by atoms with Crippen molar-refractivity contribution in [3.63, 3.8) is 0 Å². The van der Waals surface area contributed by atoms with Gasteiger partial charge in [-0.2, -0.15) is 5.10 Å². The van der Waals surface area contributed by atoms with Crippen LogP contribution in [0.1, 0.15) is 0 Å². The second kappa shape index (κ2) is 12.1. The van der Waals surface area contributed by atoms with Crippen molar-refractivity contribution >= 4 is 42.8 Å². The standard InChI is InChI=1S/C39H24Br2N4O2/c40-28-16-19-31(20-17-28)45-37(26-12-6-2-7-13-26)35(25-10-4-1-5-11-25)42-38(45)33-24-44(30-14-8-3-9-15-30)43-36(33)32-23-27-22-29(41)18-21-34(27)47-39(32)46/h1-24H. The van der Waals surface area contributed by atoms with Gasteiger partial charge in [0.1, 0.15) is 17.1 Å². The number of hydrogen-bond donors (Lipinski definition) is 0. The minimum Gasteiger partial charge on any atom is -0.422 e. The van der Waals surface area contributed by atoms with Crippen molar-refractivity contribution in [2.75, 3.05) is 0 Å². The molecule has 6 nitrogen and oxygen atoms in total. The average molecular weight is 740 g/mol. The zero-order valence-corrected chi connectivity index (χ0v) is 27.9. The van der Waals surface area contributed by atoms with Crippen LogP contribution in [0.2, 0.25) is 0 Å². The van der Waals surface area contributed by atoms with Gasteiger partial charge >= 0.3 is 5.63 Å². The van der Waals surface area contributed by atoms with Crippen molar-refractivity contribution in [2.24, 2.45) is 0 Å². The van der Waals surface area contributed by atoms with Gasteiger partial charge in [0.15, 0.2) is 0 Å². The molecule has 3 aromatic heterocycles. The van der Waals surface area contributed by atoms with Gasteiger partial charge in [0, 0.05) is 37.3 Å². The summed E-state index contributed by atoms with van der Waals surface area (Å²) in [6.07, 6.45) is 1.94. The Labute approximate surface area is 286 Å². The summed E-state index contributed by atoms with van der Waals surface area (Å²) in [4.78, 5) is 19.1. The molecule has 8 rings (SSSR count). The molecule has 0 saturated heterocycles. The molecule has 0 atom stereocenters. The molecule has 8 aromatic rings. The molecule has 226 valence electrons. The van der Waals surface area contributed by atoms with Gasteiger partial charge in [-0.25, -0.2) is 14.5 Å². The number of benzene rings is 5. The maximum atomic E-state index is 13.7. The van der Waals surface area contributed by atoms with E-state index in [1.165, 1.54) is 0 Å². The summed E-state index contributed by atoms with van der Waals surface area (Å²) in [5.41, 5.74) is 6.96. The summed E-state index contributed by atoms with van der Waals surface area (Å²) < 4.78 is 11.6. The van der Waals surface area contributed by atoms with Gasteiger partial charge in [0.25, 0.3) is 0 Å². The summed E-state index contributed by atoms with van der Waals surface area (Å²) >= 11 is 7.16. The first-order valence-corrected chi connectivity index (χ1v) is 16.5. The normalized spacial score (nSPS) is 11.3. The Morgan fingerprint density at radius 3 is 1.94 bits per heavy atom. The number of halogens is 2. The van der Waals surface area contributed by atoms with E-state index in [2.05, 4.69) is 72.8 Å². The van der Waals surface area contributed by atoms with E-state index in [-0.39, 0.29) is 0 Å². The van der Waals surface area contributed by atoms with Crippen molar-refractivity contribution in [3.8, 4) is 56.5 Å². The highest BCUT2D eigenvalue weighted by atomic mass is 79.9. The third-order valence-corrected chi connectivity index (χ3v) is 9.00. The Kier molecular flexibility index (Phi) is 7.52. The van der Waals surface area contributed by atoms with Crippen LogP contribution in [0.3, 0.4) is 0 Å². The fourth-order valence-corrected chi connectivity index (χ4v) is 6.45. The molecule has 0 radical (unpaired) electrons. The predicted molar refractivity (Wildman–Crippen MR) is 194 cm³/mol. The molecule has 5 aromatic carbocycles. The molecule has 0 aliphatic carbocycles. The van der Waals surface area contributed by atoms with Crippen LogP contribution < -0.4 is 5.63 Å². The van der Waals surface area contributed by atoms with E-state index in [4.69, 9.17) is 14.5 Å². The van der Waals surface area contributed by atoms with Crippen LogP contribution >= 0.6 is 31.9 Å². The zero-order valence-electron chi connectivity index (χ0n) is 24.7. The number of rotatable bonds is 6. The maximum absolute atomic E-state index is 13.7. The fraction of sp³-hybridized carbons (Fsp3) is 0. The van der Waals surface area contributed by atoms with Crippen molar-refractivity contribution in [1.29, 1.82) is 0 Å². The number of imidazole rings is 1. The smallest absolute Gasteiger partial charge is 0.345 e. The van der Waals surface area contributed by atoms with Gasteiger partial charge < -0.3 is 4.42 Å². The third kappa shape index (κ3) is 5.45. The van der Waals surface area contributed by atoms with E-state index >= 15 is 0 Å². The number of aromatic nitrogens is 4. The highest BCUT2D eigenvalue weighted by Gasteiger charge is 2.27. The van der Waals surface area contributed by atoms with Crippen LogP contribution in [0, 0.1) is 0 Å². The number of fused-ring (bicyclic) bond motifs is 1. The Morgan fingerprint density at radius 2 is 1.23 bits per heavy atom. The highest BCUT2D eigenvalue weighted by molar-refractivity contribution is 9.10. The van der Waals surface area contributed by atoms with Crippen LogP contribution in [0.15, 0.2) is 164 Å². The van der Waals surface area contributed by atoms with E-state index in [1.807, 2.05) is 103 Å². The van der Waals surface area contributed by atoms with Crippen LogP contribution in [-0.2, 0) is 0 Å². The van der Waals surface area contributed by atoms with Gasteiger partial charge in [-0.3, -0.25) is 4.57 Å². The van der Waals surface area contributed by atoms with E-state index in [0.29, 0.717) is 28.2 Å². The number of para-hydroxylation sites is 1. The van der Waals surface area contributed by atoms with E-state index in [9.17, 15) is 4.79 Å². The predicted octanol–water partition coefficient (Wildman–Crippen LogP) is 10.4. The first kappa shape index (κ1) is 29.1. The van der Waals surface area contributed by atoms with Crippen molar-refractivity contribution < 1.29 is 4.42 Å². The van der Waals surface area contributed by atoms with Crippen LogP contribution in [0.5, 0.6) is 0 Å². The van der Waals surface area contributed by atoms with E-state index < -0.39 is 5.63 Å². The molecule has 0 fully saturated rings. The first-order chi connectivity index (χ1) is 23.0. The third-order valence-electron chi connectivity index (χ3n) is 7.98. The molecule has 3 heterocycles. The maximum Gasteiger partial charge on any atom is 0.345 e. The van der Waals surface area contributed by atoms with Crippen LogP contribution in [-0.4, -0.2) is 19.3 Å². The molecule has 0 spiro atoms. The molecule has 0 unspecified atom stereocenters. The lowest BCUT2D eigenvalue weighted by Crippen LogP contribution is -2.05. The SMILES string of the molecule is O=c1oc2ccc(Br)cc2cc1-c1nn(-c2ccccc2)cc1-c1nc(-c2ccccc2)c(-c2ccccc2)n1-c1ccc(Br)cc1. The molecular formula is C39H24Br2N4O2. The van der Waals surface area contributed by atoms with Gasteiger partial charge in [0.2, 0.25) is 0 Å². The second-order valence-electron chi connectivity index (χ2n) is 11.0. The average Bonchev–Trinajstić information content (AvgIpc) is 3.73. The van der Waals surface area contributed by atoms with Gasteiger partial charge in [-0.1, -0.05) is 111 Å². The molecule has 0 aliphatic heterocycles. The minimum absolute atomic E-state index is 0.341. The highest BCUT2D eigenvalue weighted by Crippen LogP contribution is 2.41. The fourth-order valence-electron chi connectivity index (χ4n) is 5.81. The van der Waals surface area contributed by atoms with E-state index in [1.54, 1.807) is 10.7 Å². The Bertz CT molecular complexity index is 2430. The van der Waals surface area contributed by atoms with Crippen molar-refractivity contribution in [1.82, 2.24) is 19.3 Å². The molecular weight excluding hydrogens is 716 g/mol. The minimum atomic E-state index is -0.479. The molecule has 47 heavy (non-hydrogen) atoms. The molecule has 8 heteroatoms. The largest absolute Gasteiger partial charge is 0.422 e. The molecule has 0 saturated carbocycles.